The molecule has 0 unspecified atom stereocenters. The lowest BCUT2D eigenvalue weighted by molar-refractivity contribution is -0.274. The van der Waals surface area contributed by atoms with Crippen molar-refractivity contribution in [2.75, 3.05) is 5.32 Å². The summed E-state index contributed by atoms with van der Waals surface area (Å²) in [6, 6.07) is 10.2. The zero-order chi connectivity index (χ0) is 15.5. The molecular weight excluding hydrogens is 354 g/mol. The summed E-state index contributed by atoms with van der Waals surface area (Å²) in [6.07, 6.45) is -4.76. The molecule has 0 aliphatic carbocycles. The molecule has 2 rings (SSSR count). The molecule has 0 aliphatic heterocycles. The van der Waals surface area contributed by atoms with Gasteiger partial charge in [0.25, 0.3) is 0 Å². The minimum Gasteiger partial charge on any atom is -0.404 e. The van der Waals surface area contributed by atoms with Crippen molar-refractivity contribution in [3.8, 4) is 5.75 Å². The summed E-state index contributed by atoms with van der Waals surface area (Å²) < 4.78 is 54.4. The predicted molar refractivity (Wildman–Crippen MR) is 74.6 cm³/mol. The highest BCUT2D eigenvalue weighted by molar-refractivity contribution is 9.10. The minimum atomic E-state index is -4.76. The summed E-state index contributed by atoms with van der Waals surface area (Å²) in [5, 5.41) is 2.79. The Hall–Kier alpha value is -1.76. The van der Waals surface area contributed by atoms with Crippen LogP contribution in [0.5, 0.6) is 5.75 Å². The second-order valence-corrected chi connectivity index (χ2v) is 5.00. The lowest BCUT2D eigenvalue weighted by Gasteiger charge is -2.14. The number of ether oxygens (including phenoxy) is 1. The molecule has 0 saturated heterocycles. The van der Waals surface area contributed by atoms with Crippen LogP contribution >= 0.6 is 15.9 Å². The van der Waals surface area contributed by atoms with Crippen LogP contribution in [0.15, 0.2) is 46.9 Å². The van der Waals surface area contributed by atoms with Gasteiger partial charge < -0.3 is 10.1 Å². The maximum Gasteiger partial charge on any atom is 0.573 e. The van der Waals surface area contributed by atoms with Crippen LogP contribution in [0.2, 0.25) is 0 Å². The van der Waals surface area contributed by atoms with E-state index in [0.29, 0.717) is 10.0 Å². The molecule has 0 atom stereocenters. The van der Waals surface area contributed by atoms with E-state index in [9.17, 15) is 17.6 Å². The quantitative estimate of drug-likeness (QED) is 0.763. The van der Waals surface area contributed by atoms with E-state index in [1.54, 1.807) is 12.1 Å². The molecule has 1 N–H and O–H groups in total. The Morgan fingerprint density at radius 1 is 1.10 bits per heavy atom. The van der Waals surface area contributed by atoms with E-state index in [2.05, 4.69) is 26.0 Å². The second-order valence-electron chi connectivity index (χ2n) is 4.15. The fourth-order valence-corrected chi connectivity index (χ4v) is 1.92. The summed E-state index contributed by atoms with van der Waals surface area (Å²) in [6.45, 7) is 0.169. The average Bonchev–Trinajstić information content (AvgIpc) is 2.40. The third-order valence-electron chi connectivity index (χ3n) is 2.58. The average molecular weight is 364 g/mol. The summed E-state index contributed by atoms with van der Waals surface area (Å²) in [5.41, 5.74) is 0.774. The van der Waals surface area contributed by atoms with Crippen molar-refractivity contribution in [3.63, 3.8) is 0 Å². The van der Waals surface area contributed by atoms with Crippen LogP contribution in [0.1, 0.15) is 5.56 Å². The molecule has 112 valence electrons. The lowest BCUT2D eigenvalue weighted by Crippen LogP contribution is -2.18. The number of hydrogen-bond acceptors (Lipinski definition) is 2. The van der Waals surface area contributed by atoms with E-state index in [0.717, 1.165) is 0 Å². The Labute approximate surface area is 126 Å². The molecular formula is C14H10BrF4NO. The van der Waals surface area contributed by atoms with Gasteiger partial charge in [-0.1, -0.05) is 18.2 Å². The van der Waals surface area contributed by atoms with Crippen molar-refractivity contribution in [1.82, 2.24) is 0 Å². The molecule has 2 aromatic rings. The van der Waals surface area contributed by atoms with Gasteiger partial charge in [0.15, 0.2) is 5.75 Å². The molecule has 2 nitrogen and oxygen atoms in total. The van der Waals surface area contributed by atoms with Crippen LogP contribution in [0.25, 0.3) is 0 Å². The number of hydrogen-bond donors (Lipinski definition) is 1. The summed E-state index contributed by atoms with van der Waals surface area (Å²) in [7, 11) is 0. The predicted octanol–water partition coefficient (Wildman–Crippen LogP) is 5.10. The zero-order valence-electron chi connectivity index (χ0n) is 10.5. The van der Waals surface area contributed by atoms with Crippen LogP contribution in [0, 0.1) is 5.82 Å². The van der Waals surface area contributed by atoms with Gasteiger partial charge in [0.05, 0.1) is 10.2 Å². The number of halogens is 5. The number of benzene rings is 2. The van der Waals surface area contributed by atoms with Crippen molar-refractivity contribution >= 4 is 21.6 Å². The highest BCUT2D eigenvalue weighted by Crippen LogP contribution is 2.30. The molecule has 21 heavy (non-hydrogen) atoms. The second kappa shape index (κ2) is 6.34. The Balaban J connectivity index is 2.11. The van der Waals surface area contributed by atoms with Crippen LogP contribution < -0.4 is 10.1 Å². The highest BCUT2D eigenvalue weighted by atomic mass is 79.9. The standard InChI is InChI=1S/C14H10BrF4NO/c15-10-6-5-9(7-11(10)16)8-20-12-3-1-2-4-13(12)21-14(17,18)19/h1-7,20H,8H2. The lowest BCUT2D eigenvalue weighted by atomic mass is 10.2. The normalized spacial score (nSPS) is 11.3. The van der Waals surface area contributed by atoms with Gasteiger partial charge in [-0.15, -0.1) is 13.2 Å². The molecule has 0 bridgehead atoms. The van der Waals surface area contributed by atoms with Gasteiger partial charge in [-0.05, 0) is 45.8 Å². The third-order valence-corrected chi connectivity index (χ3v) is 3.22. The van der Waals surface area contributed by atoms with E-state index in [4.69, 9.17) is 0 Å². The van der Waals surface area contributed by atoms with E-state index in [1.807, 2.05) is 0 Å². The first-order valence-corrected chi connectivity index (χ1v) is 6.67. The molecule has 2 aromatic carbocycles. The molecule has 0 fully saturated rings. The Morgan fingerprint density at radius 3 is 2.48 bits per heavy atom. The van der Waals surface area contributed by atoms with Gasteiger partial charge in [-0.2, -0.15) is 0 Å². The molecule has 0 aromatic heterocycles. The van der Waals surface area contributed by atoms with Crippen molar-refractivity contribution in [1.29, 1.82) is 0 Å². The van der Waals surface area contributed by atoms with Crippen LogP contribution in [-0.2, 0) is 6.54 Å². The molecule has 0 spiro atoms. The number of para-hydroxylation sites is 2. The number of anilines is 1. The first-order valence-electron chi connectivity index (χ1n) is 5.88. The maximum absolute atomic E-state index is 13.4. The SMILES string of the molecule is Fc1cc(CNc2ccccc2OC(F)(F)F)ccc1Br. The fourth-order valence-electron chi connectivity index (χ4n) is 1.67. The van der Waals surface area contributed by atoms with E-state index in [1.165, 1.54) is 30.3 Å². The van der Waals surface area contributed by atoms with Gasteiger partial charge in [-0.3, -0.25) is 0 Å². The van der Waals surface area contributed by atoms with Crippen LogP contribution in [0.3, 0.4) is 0 Å². The first-order chi connectivity index (χ1) is 9.85. The van der Waals surface area contributed by atoms with Gasteiger partial charge >= 0.3 is 6.36 Å². The van der Waals surface area contributed by atoms with Gasteiger partial charge in [0.2, 0.25) is 0 Å². The zero-order valence-corrected chi connectivity index (χ0v) is 12.1. The number of nitrogens with one attached hydrogen (secondary N) is 1. The molecule has 0 amide bonds. The van der Waals surface area contributed by atoms with Gasteiger partial charge in [0.1, 0.15) is 5.82 Å². The Kier molecular flexibility index (Phi) is 4.72. The summed E-state index contributed by atoms with van der Waals surface area (Å²) >= 11 is 3.03. The van der Waals surface area contributed by atoms with E-state index in [-0.39, 0.29) is 18.0 Å². The monoisotopic (exact) mass is 363 g/mol. The number of rotatable bonds is 4. The molecule has 0 heterocycles. The minimum absolute atomic E-state index is 0.169. The van der Waals surface area contributed by atoms with Gasteiger partial charge in [-0.25, -0.2) is 4.39 Å². The number of alkyl halides is 3. The van der Waals surface area contributed by atoms with Crippen molar-refractivity contribution in [3.05, 3.63) is 58.3 Å². The van der Waals surface area contributed by atoms with E-state index < -0.39 is 12.2 Å². The Bertz CT molecular complexity index is 631. The summed E-state index contributed by atoms with van der Waals surface area (Å²) in [4.78, 5) is 0. The van der Waals surface area contributed by atoms with Crippen molar-refractivity contribution < 1.29 is 22.3 Å². The molecule has 0 saturated carbocycles. The van der Waals surface area contributed by atoms with Crippen LogP contribution in [0.4, 0.5) is 23.2 Å². The molecule has 0 aliphatic rings. The smallest absolute Gasteiger partial charge is 0.404 e. The van der Waals surface area contributed by atoms with Gasteiger partial charge in [0, 0.05) is 6.54 Å². The van der Waals surface area contributed by atoms with E-state index >= 15 is 0 Å². The largest absolute Gasteiger partial charge is 0.573 e. The molecule has 0 radical (unpaired) electrons. The Morgan fingerprint density at radius 2 is 1.81 bits per heavy atom. The van der Waals surface area contributed by atoms with Crippen molar-refractivity contribution in [2.45, 2.75) is 12.9 Å². The molecule has 7 heteroatoms. The fraction of sp³-hybridized carbons (Fsp3) is 0.143. The topological polar surface area (TPSA) is 21.3 Å². The highest BCUT2D eigenvalue weighted by Gasteiger charge is 2.32. The first kappa shape index (κ1) is 15.6. The van der Waals surface area contributed by atoms with Crippen molar-refractivity contribution in [2.24, 2.45) is 0 Å². The summed E-state index contributed by atoms with van der Waals surface area (Å²) in [5.74, 6) is -0.767. The van der Waals surface area contributed by atoms with Crippen LogP contribution in [-0.4, -0.2) is 6.36 Å². The third kappa shape index (κ3) is 4.63. The maximum atomic E-state index is 13.4.